The summed E-state index contributed by atoms with van der Waals surface area (Å²) in [7, 11) is 0. The van der Waals surface area contributed by atoms with Crippen LogP contribution in [0.5, 0.6) is 0 Å². The predicted octanol–water partition coefficient (Wildman–Crippen LogP) is 3.46. The third-order valence-corrected chi connectivity index (χ3v) is 2.88. The van der Waals surface area contributed by atoms with Crippen LogP contribution in [0.15, 0.2) is 41.1 Å². The molecule has 2 heterocycles. The monoisotopic (exact) mass is 300 g/mol. The predicted molar refractivity (Wildman–Crippen MR) is 72.6 cm³/mol. The van der Waals surface area contributed by atoms with Gasteiger partial charge in [-0.25, -0.2) is 4.39 Å². The summed E-state index contributed by atoms with van der Waals surface area (Å²) in [4.78, 5) is 8.20. The van der Waals surface area contributed by atoms with Gasteiger partial charge < -0.3 is 4.52 Å². The zero-order valence-electron chi connectivity index (χ0n) is 10.4. The molecule has 3 aromatic rings. The molecule has 0 radical (unpaired) electrons. The molecule has 21 heavy (non-hydrogen) atoms. The molecule has 0 bridgehead atoms. The summed E-state index contributed by atoms with van der Waals surface area (Å²) >= 11 is 5.75. The van der Waals surface area contributed by atoms with Gasteiger partial charge >= 0.3 is 0 Å². The van der Waals surface area contributed by atoms with Gasteiger partial charge in [0.05, 0.1) is 16.7 Å². The van der Waals surface area contributed by atoms with E-state index >= 15 is 0 Å². The van der Waals surface area contributed by atoms with Crippen molar-refractivity contribution in [2.24, 2.45) is 0 Å². The second-order valence-electron chi connectivity index (χ2n) is 4.13. The largest absolute Gasteiger partial charge is 0.334 e. The molecule has 0 saturated heterocycles. The second kappa shape index (κ2) is 5.31. The van der Waals surface area contributed by atoms with E-state index in [1.54, 1.807) is 12.1 Å². The average molecular weight is 301 g/mol. The molecule has 0 aliphatic heterocycles. The Kier molecular flexibility index (Phi) is 3.34. The highest BCUT2D eigenvalue weighted by Crippen LogP contribution is 2.23. The lowest BCUT2D eigenvalue weighted by Gasteiger charge is -1.96. The third kappa shape index (κ3) is 2.73. The molecule has 0 aliphatic carbocycles. The van der Waals surface area contributed by atoms with Crippen LogP contribution in [0.3, 0.4) is 0 Å². The molecule has 0 saturated carbocycles. The van der Waals surface area contributed by atoms with Crippen molar-refractivity contribution in [1.82, 2.24) is 15.1 Å². The van der Waals surface area contributed by atoms with Crippen LogP contribution < -0.4 is 0 Å². The number of hydrogen-bond acceptors (Lipinski definition) is 5. The van der Waals surface area contributed by atoms with Gasteiger partial charge in [0.25, 0.3) is 5.89 Å². The van der Waals surface area contributed by atoms with E-state index in [0.29, 0.717) is 16.3 Å². The van der Waals surface area contributed by atoms with Gasteiger partial charge in [0, 0.05) is 11.8 Å². The van der Waals surface area contributed by atoms with Crippen molar-refractivity contribution >= 4 is 11.6 Å². The van der Waals surface area contributed by atoms with Gasteiger partial charge in [-0.3, -0.25) is 4.98 Å². The minimum absolute atomic E-state index is 0.109. The molecule has 102 valence electrons. The molecule has 7 heteroatoms. The normalized spacial score (nSPS) is 10.3. The first-order valence-electron chi connectivity index (χ1n) is 5.82. The molecule has 1 aromatic carbocycles. The molecule has 3 rings (SSSR count). The van der Waals surface area contributed by atoms with Crippen LogP contribution in [0.25, 0.3) is 23.0 Å². The van der Waals surface area contributed by atoms with Gasteiger partial charge in [0.2, 0.25) is 5.82 Å². The summed E-state index contributed by atoms with van der Waals surface area (Å²) in [5.74, 6) is -0.185. The summed E-state index contributed by atoms with van der Waals surface area (Å²) in [6.07, 6.45) is 1.46. The number of nitrogens with zero attached hydrogens (tertiary/aromatic N) is 4. The first-order chi connectivity index (χ1) is 10.2. The minimum atomic E-state index is -0.548. The highest BCUT2D eigenvalue weighted by molar-refractivity contribution is 6.30. The van der Waals surface area contributed by atoms with E-state index in [-0.39, 0.29) is 17.3 Å². The maximum atomic E-state index is 13.4. The maximum absolute atomic E-state index is 13.4. The van der Waals surface area contributed by atoms with E-state index in [2.05, 4.69) is 15.1 Å². The Morgan fingerprint density at radius 1 is 1.24 bits per heavy atom. The fourth-order valence-electron chi connectivity index (χ4n) is 1.73. The smallest absolute Gasteiger partial charge is 0.258 e. The molecular weight excluding hydrogens is 295 g/mol. The number of benzene rings is 1. The van der Waals surface area contributed by atoms with Gasteiger partial charge in [-0.1, -0.05) is 16.8 Å². The van der Waals surface area contributed by atoms with Crippen LogP contribution in [-0.2, 0) is 0 Å². The van der Waals surface area contributed by atoms with Crippen LogP contribution in [-0.4, -0.2) is 15.1 Å². The Bertz CT molecular complexity index is 839. The van der Waals surface area contributed by atoms with E-state index in [4.69, 9.17) is 21.4 Å². The highest BCUT2D eigenvalue weighted by Gasteiger charge is 2.13. The number of nitriles is 1. The van der Waals surface area contributed by atoms with Crippen LogP contribution in [0.2, 0.25) is 5.02 Å². The van der Waals surface area contributed by atoms with Crippen molar-refractivity contribution < 1.29 is 8.91 Å². The van der Waals surface area contributed by atoms with E-state index in [1.165, 1.54) is 18.3 Å². The van der Waals surface area contributed by atoms with Crippen LogP contribution >= 0.6 is 11.6 Å². The molecule has 0 unspecified atom stereocenters. The topological polar surface area (TPSA) is 75.6 Å². The quantitative estimate of drug-likeness (QED) is 0.724. The Labute approximate surface area is 123 Å². The number of rotatable bonds is 2. The van der Waals surface area contributed by atoms with Gasteiger partial charge in [0.15, 0.2) is 0 Å². The zero-order chi connectivity index (χ0) is 14.8. The van der Waals surface area contributed by atoms with Crippen LogP contribution in [0, 0.1) is 17.1 Å². The summed E-state index contributed by atoms with van der Waals surface area (Å²) in [6.45, 7) is 0. The Morgan fingerprint density at radius 3 is 2.81 bits per heavy atom. The van der Waals surface area contributed by atoms with Gasteiger partial charge in [0.1, 0.15) is 11.5 Å². The van der Waals surface area contributed by atoms with Crippen molar-refractivity contribution in [2.75, 3.05) is 0 Å². The van der Waals surface area contributed by atoms with Crippen molar-refractivity contribution in [1.29, 1.82) is 5.26 Å². The Hall–Kier alpha value is -2.78. The van der Waals surface area contributed by atoms with E-state index in [9.17, 15) is 4.39 Å². The molecule has 5 nitrogen and oxygen atoms in total. The zero-order valence-corrected chi connectivity index (χ0v) is 11.2. The summed E-state index contributed by atoms with van der Waals surface area (Å²) in [5, 5.41) is 13.1. The second-order valence-corrected chi connectivity index (χ2v) is 4.56. The molecule has 0 N–H and O–H groups in total. The molecule has 0 aliphatic rings. The van der Waals surface area contributed by atoms with Crippen LogP contribution in [0.1, 0.15) is 5.56 Å². The average Bonchev–Trinajstić information content (AvgIpc) is 2.97. The summed E-state index contributed by atoms with van der Waals surface area (Å²) in [6, 6.07) is 8.97. The molecule has 0 fully saturated rings. The van der Waals surface area contributed by atoms with Crippen molar-refractivity contribution in [3.63, 3.8) is 0 Å². The van der Waals surface area contributed by atoms with Gasteiger partial charge in [-0.15, -0.1) is 0 Å². The van der Waals surface area contributed by atoms with Gasteiger partial charge in [-0.05, 0) is 30.3 Å². The minimum Gasteiger partial charge on any atom is -0.334 e. The summed E-state index contributed by atoms with van der Waals surface area (Å²) in [5.41, 5.74) is 0.986. The van der Waals surface area contributed by atoms with Crippen molar-refractivity contribution in [2.45, 2.75) is 0 Å². The molecular formula is C14H6ClFN4O. The summed E-state index contributed by atoms with van der Waals surface area (Å²) < 4.78 is 18.5. The van der Waals surface area contributed by atoms with E-state index in [1.807, 2.05) is 6.07 Å². The number of hydrogen-bond donors (Lipinski definition) is 0. The van der Waals surface area contributed by atoms with Gasteiger partial charge in [-0.2, -0.15) is 10.2 Å². The fourth-order valence-corrected chi connectivity index (χ4v) is 1.84. The molecule has 0 atom stereocenters. The van der Waals surface area contributed by atoms with Crippen LogP contribution in [0.4, 0.5) is 4.39 Å². The van der Waals surface area contributed by atoms with Crippen molar-refractivity contribution in [3.8, 4) is 29.0 Å². The number of aromatic nitrogens is 3. The first kappa shape index (κ1) is 13.2. The Balaban J connectivity index is 2.00. The first-order valence-corrected chi connectivity index (χ1v) is 6.20. The molecule has 0 amide bonds. The Morgan fingerprint density at radius 2 is 2.10 bits per heavy atom. The van der Waals surface area contributed by atoms with E-state index in [0.717, 1.165) is 6.07 Å². The lowest BCUT2D eigenvalue weighted by molar-refractivity contribution is 0.432. The molecule has 2 aromatic heterocycles. The SMILES string of the molecule is N#Cc1cc(F)cc(-c2nc(-c3ccc(Cl)cn3)no2)c1. The van der Waals surface area contributed by atoms with Crippen molar-refractivity contribution in [3.05, 3.63) is 52.9 Å². The fraction of sp³-hybridized carbons (Fsp3) is 0. The number of halogens is 2. The third-order valence-electron chi connectivity index (χ3n) is 2.66. The highest BCUT2D eigenvalue weighted by atomic mass is 35.5. The lowest BCUT2D eigenvalue weighted by atomic mass is 10.1. The van der Waals surface area contributed by atoms with E-state index < -0.39 is 5.82 Å². The number of pyridine rings is 1. The lowest BCUT2D eigenvalue weighted by Crippen LogP contribution is -1.86. The maximum Gasteiger partial charge on any atom is 0.258 e. The standard InChI is InChI=1S/C14H6ClFN4O/c15-10-1-2-12(18-7-10)13-19-14(21-20-13)9-3-8(6-17)4-11(16)5-9/h1-5,7H. The molecule has 0 spiro atoms.